The van der Waals surface area contributed by atoms with E-state index in [1.165, 1.54) is 6.20 Å². The summed E-state index contributed by atoms with van der Waals surface area (Å²) in [7, 11) is 0. The monoisotopic (exact) mass is 359 g/mol. The molecule has 0 unspecified atom stereocenters. The number of phenolic OH excluding ortho intramolecular Hbond substituents is 1. The van der Waals surface area contributed by atoms with Crippen molar-refractivity contribution < 1.29 is 18.6 Å². The third-order valence-electron chi connectivity index (χ3n) is 4.21. The lowest BCUT2D eigenvalue weighted by atomic mass is 10.1. The first-order valence-electron chi connectivity index (χ1n) is 8.06. The number of hydrogen-bond acceptors (Lipinski definition) is 6. The molecule has 1 N–H and O–H groups in total. The Kier molecular flexibility index (Phi) is 4.19. The summed E-state index contributed by atoms with van der Waals surface area (Å²) in [4.78, 5) is 8.05. The van der Waals surface area contributed by atoms with Gasteiger partial charge in [-0.1, -0.05) is 0 Å². The van der Waals surface area contributed by atoms with Gasteiger partial charge in [0.25, 0.3) is 5.88 Å². The predicted molar refractivity (Wildman–Crippen MR) is 87.5 cm³/mol. The maximum atomic E-state index is 13.6. The Morgan fingerprint density at radius 1 is 1.19 bits per heavy atom. The molecule has 0 amide bonds. The molecular weight excluding hydrogens is 344 g/mol. The van der Waals surface area contributed by atoms with Gasteiger partial charge in [-0.05, 0) is 12.1 Å². The minimum atomic E-state index is -1.37. The second-order valence-corrected chi connectivity index (χ2v) is 6.03. The van der Waals surface area contributed by atoms with Crippen LogP contribution in [0.2, 0.25) is 0 Å². The minimum Gasteiger partial charge on any atom is -0.507 e. The largest absolute Gasteiger partial charge is 0.507 e. The van der Waals surface area contributed by atoms with Gasteiger partial charge >= 0.3 is 0 Å². The zero-order valence-electron chi connectivity index (χ0n) is 13.5. The minimum absolute atomic E-state index is 0.0128. The second-order valence-electron chi connectivity index (χ2n) is 6.03. The molecule has 2 heterocycles. The molecule has 0 radical (unpaired) electrons. The third-order valence-corrected chi connectivity index (χ3v) is 4.21. The smallest absolute Gasteiger partial charge is 0.252 e. The van der Waals surface area contributed by atoms with E-state index < -0.39 is 18.4 Å². The molecule has 1 aromatic carbocycles. The van der Waals surface area contributed by atoms with Gasteiger partial charge in [0.05, 0.1) is 23.8 Å². The zero-order valence-corrected chi connectivity index (χ0v) is 13.5. The van der Waals surface area contributed by atoms with E-state index in [4.69, 9.17) is 4.74 Å². The molecule has 1 aliphatic rings. The van der Waals surface area contributed by atoms with Gasteiger partial charge in [0.15, 0.2) is 5.82 Å². The van der Waals surface area contributed by atoms with Crippen LogP contribution in [0.4, 0.5) is 8.78 Å². The van der Waals surface area contributed by atoms with E-state index in [0.29, 0.717) is 5.56 Å². The van der Waals surface area contributed by atoms with Crippen LogP contribution in [0.5, 0.6) is 11.6 Å². The van der Waals surface area contributed by atoms with E-state index in [9.17, 15) is 13.9 Å². The lowest BCUT2D eigenvalue weighted by molar-refractivity contribution is 0.118. The summed E-state index contributed by atoms with van der Waals surface area (Å²) in [6.07, 6.45) is 2.64. The van der Waals surface area contributed by atoms with Gasteiger partial charge in [0.1, 0.15) is 24.2 Å². The summed E-state index contributed by atoms with van der Waals surface area (Å²) in [5, 5.41) is 18.0. The lowest BCUT2D eigenvalue weighted by Gasteiger charge is -2.13. The highest BCUT2D eigenvalue weighted by atomic mass is 19.1. The third kappa shape index (κ3) is 3.19. The molecule has 0 saturated heterocycles. The van der Waals surface area contributed by atoms with Gasteiger partial charge in [-0.25, -0.2) is 18.7 Å². The highest BCUT2D eigenvalue weighted by Crippen LogP contribution is 2.30. The van der Waals surface area contributed by atoms with Gasteiger partial charge in [-0.15, -0.1) is 10.2 Å². The number of ether oxygens (including phenoxy) is 1. The summed E-state index contributed by atoms with van der Waals surface area (Å²) in [5.74, 6) is 0.190. The van der Waals surface area contributed by atoms with Crippen LogP contribution in [0.3, 0.4) is 0 Å². The summed E-state index contributed by atoms with van der Waals surface area (Å²) in [5.41, 5.74) is 1.12. The molecule has 26 heavy (non-hydrogen) atoms. The SMILES string of the molecule is Oc1cc(-n2ccnc2)ccc1-c1ncc(O[C@@H]2C[C@@H](F)C[C@H]2F)nn1. The lowest BCUT2D eigenvalue weighted by Crippen LogP contribution is -2.23. The molecule has 1 saturated carbocycles. The highest BCUT2D eigenvalue weighted by molar-refractivity contribution is 5.65. The van der Waals surface area contributed by atoms with Crippen molar-refractivity contribution in [3.8, 4) is 28.7 Å². The molecule has 3 atom stereocenters. The number of benzene rings is 1. The number of imidazole rings is 1. The first-order chi connectivity index (χ1) is 12.6. The first kappa shape index (κ1) is 16.4. The first-order valence-corrected chi connectivity index (χ1v) is 8.06. The van der Waals surface area contributed by atoms with Crippen LogP contribution in [-0.4, -0.2) is 48.3 Å². The van der Waals surface area contributed by atoms with E-state index in [2.05, 4.69) is 20.2 Å². The maximum Gasteiger partial charge on any atom is 0.252 e. The molecule has 0 aliphatic heterocycles. The van der Waals surface area contributed by atoms with Crippen LogP contribution in [0.25, 0.3) is 17.1 Å². The van der Waals surface area contributed by atoms with E-state index in [1.807, 2.05) is 0 Å². The van der Waals surface area contributed by atoms with Crippen molar-refractivity contribution >= 4 is 0 Å². The average molecular weight is 359 g/mol. The molecule has 9 heteroatoms. The van der Waals surface area contributed by atoms with Crippen molar-refractivity contribution in [3.63, 3.8) is 0 Å². The molecule has 4 rings (SSSR count). The van der Waals surface area contributed by atoms with Crippen LogP contribution in [0.1, 0.15) is 12.8 Å². The molecule has 2 aromatic heterocycles. The molecule has 134 valence electrons. The Labute approximate surface area is 147 Å². The average Bonchev–Trinajstić information content (AvgIpc) is 3.26. The van der Waals surface area contributed by atoms with Crippen molar-refractivity contribution in [2.45, 2.75) is 31.3 Å². The number of aromatic hydroxyl groups is 1. The Morgan fingerprint density at radius 3 is 2.69 bits per heavy atom. The van der Waals surface area contributed by atoms with Crippen LogP contribution in [0.15, 0.2) is 43.1 Å². The number of phenols is 1. The van der Waals surface area contributed by atoms with Crippen LogP contribution >= 0.6 is 0 Å². The number of aromatic nitrogens is 5. The predicted octanol–water partition coefficient (Wildman–Crippen LogP) is 2.65. The molecule has 1 fully saturated rings. The number of hydrogen-bond donors (Lipinski definition) is 1. The van der Waals surface area contributed by atoms with Gasteiger partial charge in [-0.2, -0.15) is 0 Å². The standard InChI is InChI=1S/C17H15F2N5O2/c18-10-5-13(19)15(6-10)26-16-8-21-17(23-22-16)12-2-1-11(7-14(12)25)24-4-3-20-9-24/h1-4,7-10,13,15,25H,5-6H2/t10-,13+,15+/m0/s1. The van der Waals surface area contributed by atoms with Gasteiger partial charge in [0.2, 0.25) is 0 Å². The topological polar surface area (TPSA) is 86.0 Å². The Bertz CT molecular complexity index is 889. The fourth-order valence-corrected chi connectivity index (χ4v) is 2.89. The Hall–Kier alpha value is -3.10. The van der Waals surface area contributed by atoms with Crippen molar-refractivity contribution in [1.82, 2.24) is 24.7 Å². The molecule has 7 nitrogen and oxygen atoms in total. The highest BCUT2D eigenvalue weighted by Gasteiger charge is 2.36. The number of rotatable bonds is 4. The molecule has 0 spiro atoms. The second kappa shape index (κ2) is 6.66. The van der Waals surface area contributed by atoms with E-state index in [-0.39, 0.29) is 30.3 Å². The van der Waals surface area contributed by atoms with E-state index in [1.54, 1.807) is 41.5 Å². The molecule has 3 aromatic rings. The van der Waals surface area contributed by atoms with Crippen molar-refractivity contribution in [1.29, 1.82) is 0 Å². The van der Waals surface area contributed by atoms with Crippen molar-refractivity contribution in [2.75, 3.05) is 0 Å². The van der Waals surface area contributed by atoms with Gasteiger partial charge in [-0.3, -0.25) is 0 Å². The fourth-order valence-electron chi connectivity index (χ4n) is 2.89. The van der Waals surface area contributed by atoms with Gasteiger partial charge in [0, 0.05) is 31.3 Å². The molecule has 1 aliphatic carbocycles. The summed E-state index contributed by atoms with van der Waals surface area (Å²) < 4.78 is 33.9. The van der Waals surface area contributed by atoms with Crippen molar-refractivity contribution in [2.24, 2.45) is 0 Å². The summed E-state index contributed by atoms with van der Waals surface area (Å²) in [6, 6.07) is 4.99. The quantitative estimate of drug-likeness (QED) is 0.771. The number of alkyl halides is 2. The normalized spacial score (nSPS) is 22.5. The van der Waals surface area contributed by atoms with Crippen molar-refractivity contribution in [3.05, 3.63) is 43.1 Å². The number of halogens is 2. The maximum absolute atomic E-state index is 13.6. The Balaban J connectivity index is 1.52. The molecule has 0 bridgehead atoms. The van der Waals surface area contributed by atoms with Crippen LogP contribution in [-0.2, 0) is 0 Å². The van der Waals surface area contributed by atoms with Crippen LogP contribution < -0.4 is 4.74 Å². The van der Waals surface area contributed by atoms with Crippen LogP contribution in [0, 0.1) is 0 Å². The Morgan fingerprint density at radius 2 is 2.08 bits per heavy atom. The zero-order chi connectivity index (χ0) is 18.1. The fraction of sp³-hybridized carbons (Fsp3) is 0.294. The van der Waals surface area contributed by atoms with Gasteiger partial charge < -0.3 is 14.4 Å². The van der Waals surface area contributed by atoms with E-state index in [0.717, 1.165) is 5.69 Å². The summed E-state index contributed by atoms with van der Waals surface area (Å²) in [6.45, 7) is 0. The van der Waals surface area contributed by atoms with E-state index >= 15 is 0 Å². The summed E-state index contributed by atoms with van der Waals surface area (Å²) >= 11 is 0. The number of nitrogens with zero attached hydrogens (tertiary/aromatic N) is 5. The molecular formula is C17H15F2N5O2.